The number of carbonyl (C=O) groups excluding carboxylic acids is 1. The summed E-state index contributed by atoms with van der Waals surface area (Å²) < 4.78 is 20.9. The van der Waals surface area contributed by atoms with E-state index in [9.17, 15) is 9.18 Å². The zero-order valence-electron chi connectivity index (χ0n) is 15.2. The fraction of sp³-hybridized carbons (Fsp3) is 0.143. The third kappa shape index (κ3) is 3.75. The maximum absolute atomic E-state index is 13.5. The van der Waals surface area contributed by atoms with Gasteiger partial charge in [-0.3, -0.25) is 9.20 Å². The Kier molecular flexibility index (Phi) is 5.08. The van der Waals surface area contributed by atoms with Gasteiger partial charge in [0, 0.05) is 24.2 Å². The number of carbonyl (C=O) groups is 1. The first-order valence-corrected chi connectivity index (χ1v) is 9.65. The molecule has 0 fully saturated rings. The van der Waals surface area contributed by atoms with Crippen LogP contribution >= 0.6 is 11.3 Å². The van der Waals surface area contributed by atoms with Crippen LogP contribution in [0.3, 0.4) is 0 Å². The largest absolute Gasteiger partial charge is 0.492 e. The van der Waals surface area contributed by atoms with Crippen LogP contribution in [0.4, 0.5) is 4.39 Å². The Bertz CT molecular complexity index is 1110. The number of fused-ring (bicyclic) bond motifs is 1. The van der Waals surface area contributed by atoms with E-state index in [0.29, 0.717) is 35.1 Å². The highest BCUT2D eigenvalue weighted by atomic mass is 32.1. The standard InChI is InChI=1S/C21H18FN3O2S/c1-24(10-11-27-17-8-3-2-4-9-17)20(26)19-14-28-21-23-18(13-25(19)21)15-6-5-7-16(22)12-15/h2-9,12-14H,10-11H2,1H3. The molecule has 0 aliphatic carbocycles. The molecule has 0 radical (unpaired) electrons. The van der Waals surface area contributed by atoms with Crippen molar-refractivity contribution in [2.24, 2.45) is 0 Å². The van der Waals surface area contributed by atoms with E-state index >= 15 is 0 Å². The smallest absolute Gasteiger partial charge is 0.271 e. The second-order valence-electron chi connectivity index (χ2n) is 6.30. The molecule has 0 atom stereocenters. The van der Waals surface area contributed by atoms with Crippen LogP contribution in [0.1, 0.15) is 10.5 Å². The number of hydrogen-bond donors (Lipinski definition) is 0. The van der Waals surface area contributed by atoms with Gasteiger partial charge in [0.2, 0.25) is 0 Å². The van der Waals surface area contributed by atoms with Gasteiger partial charge in [0.05, 0.1) is 12.2 Å². The minimum absolute atomic E-state index is 0.119. The van der Waals surface area contributed by atoms with E-state index < -0.39 is 0 Å². The summed E-state index contributed by atoms with van der Waals surface area (Å²) in [6.07, 6.45) is 1.77. The van der Waals surface area contributed by atoms with Gasteiger partial charge in [0.1, 0.15) is 23.9 Å². The number of aromatic nitrogens is 2. The van der Waals surface area contributed by atoms with Crippen molar-refractivity contribution in [3.05, 3.63) is 77.7 Å². The van der Waals surface area contributed by atoms with Crippen molar-refractivity contribution in [3.8, 4) is 17.0 Å². The number of nitrogens with zero attached hydrogens (tertiary/aromatic N) is 3. The monoisotopic (exact) mass is 395 g/mol. The molecule has 0 saturated heterocycles. The summed E-state index contributed by atoms with van der Waals surface area (Å²) >= 11 is 1.38. The van der Waals surface area contributed by atoms with Crippen LogP contribution in [-0.2, 0) is 0 Å². The van der Waals surface area contributed by atoms with E-state index in [4.69, 9.17) is 4.74 Å². The Hall–Kier alpha value is -3.19. The number of amides is 1. The first-order valence-electron chi connectivity index (χ1n) is 8.77. The molecule has 0 saturated carbocycles. The third-order valence-corrected chi connectivity index (χ3v) is 5.17. The first kappa shape index (κ1) is 18.2. The summed E-state index contributed by atoms with van der Waals surface area (Å²) in [5.41, 5.74) is 1.84. The molecule has 0 aliphatic rings. The topological polar surface area (TPSA) is 46.8 Å². The van der Waals surface area contributed by atoms with Crippen molar-refractivity contribution >= 4 is 22.2 Å². The number of ether oxygens (including phenoxy) is 1. The Morgan fingerprint density at radius 2 is 2.04 bits per heavy atom. The van der Waals surface area contributed by atoms with Crippen LogP contribution in [0.15, 0.2) is 66.2 Å². The molecule has 4 aromatic rings. The summed E-state index contributed by atoms with van der Waals surface area (Å²) in [5, 5.41) is 1.79. The molecule has 0 bridgehead atoms. The van der Waals surface area contributed by atoms with Gasteiger partial charge in [0.15, 0.2) is 4.96 Å². The van der Waals surface area contributed by atoms with Crippen molar-refractivity contribution in [2.45, 2.75) is 0 Å². The number of thiazole rings is 1. The zero-order chi connectivity index (χ0) is 19.5. The SMILES string of the molecule is CN(CCOc1ccccc1)C(=O)c1csc2nc(-c3cccc(F)c3)cn12. The molecule has 5 nitrogen and oxygen atoms in total. The van der Waals surface area contributed by atoms with Crippen LogP contribution < -0.4 is 4.74 Å². The van der Waals surface area contributed by atoms with Crippen molar-refractivity contribution in [2.75, 3.05) is 20.2 Å². The lowest BCUT2D eigenvalue weighted by Gasteiger charge is -2.17. The molecule has 0 N–H and O–H groups in total. The van der Waals surface area contributed by atoms with Gasteiger partial charge in [-0.25, -0.2) is 9.37 Å². The number of hydrogen-bond acceptors (Lipinski definition) is 4. The van der Waals surface area contributed by atoms with E-state index in [-0.39, 0.29) is 11.7 Å². The van der Waals surface area contributed by atoms with E-state index in [2.05, 4.69) is 4.98 Å². The molecule has 2 aromatic carbocycles. The molecule has 2 aromatic heterocycles. The average molecular weight is 395 g/mol. The number of imidazole rings is 1. The van der Waals surface area contributed by atoms with Crippen LogP contribution in [0.5, 0.6) is 5.75 Å². The summed E-state index contributed by atoms with van der Waals surface area (Å²) in [7, 11) is 1.74. The minimum Gasteiger partial charge on any atom is -0.492 e. The van der Waals surface area contributed by atoms with Gasteiger partial charge in [-0.15, -0.1) is 11.3 Å². The molecule has 0 unspecified atom stereocenters. The molecule has 0 aliphatic heterocycles. The maximum atomic E-state index is 13.5. The zero-order valence-corrected chi connectivity index (χ0v) is 16.0. The summed E-state index contributed by atoms with van der Waals surface area (Å²) in [6, 6.07) is 15.8. The number of likely N-dealkylation sites (N-methyl/N-ethyl adjacent to an activating group) is 1. The van der Waals surface area contributed by atoms with Crippen molar-refractivity contribution < 1.29 is 13.9 Å². The number of rotatable bonds is 6. The molecule has 142 valence electrons. The average Bonchev–Trinajstić information content (AvgIpc) is 3.29. The first-order chi connectivity index (χ1) is 13.6. The van der Waals surface area contributed by atoms with Gasteiger partial charge < -0.3 is 9.64 Å². The summed E-state index contributed by atoms with van der Waals surface area (Å²) in [4.78, 5) is 19.6. The Balaban J connectivity index is 1.47. The van der Waals surface area contributed by atoms with Crippen LogP contribution in [-0.4, -0.2) is 40.4 Å². The molecule has 2 heterocycles. The fourth-order valence-electron chi connectivity index (χ4n) is 2.84. The van der Waals surface area contributed by atoms with E-state index in [1.165, 1.54) is 23.5 Å². The quantitative estimate of drug-likeness (QED) is 0.488. The second kappa shape index (κ2) is 7.82. The van der Waals surface area contributed by atoms with Gasteiger partial charge in [-0.1, -0.05) is 30.3 Å². The molecule has 1 amide bonds. The number of para-hydroxylation sites is 1. The number of halogens is 1. The molecular formula is C21H18FN3O2S. The molecule has 0 spiro atoms. The molecule has 28 heavy (non-hydrogen) atoms. The lowest BCUT2D eigenvalue weighted by Crippen LogP contribution is -2.31. The van der Waals surface area contributed by atoms with Crippen LogP contribution in [0.2, 0.25) is 0 Å². The van der Waals surface area contributed by atoms with E-state index in [0.717, 1.165) is 5.75 Å². The Morgan fingerprint density at radius 3 is 2.82 bits per heavy atom. The van der Waals surface area contributed by atoms with Crippen LogP contribution in [0.25, 0.3) is 16.2 Å². The molecule has 7 heteroatoms. The van der Waals surface area contributed by atoms with Gasteiger partial charge >= 0.3 is 0 Å². The maximum Gasteiger partial charge on any atom is 0.271 e. The Labute approximate surface area is 165 Å². The highest BCUT2D eigenvalue weighted by Gasteiger charge is 2.18. The van der Waals surface area contributed by atoms with Gasteiger partial charge in [-0.05, 0) is 24.3 Å². The minimum atomic E-state index is -0.316. The third-order valence-electron chi connectivity index (χ3n) is 4.33. The summed E-state index contributed by atoms with van der Waals surface area (Å²) in [5.74, 6) is 0.338. The van der Waals surface area contributed by atoms with Gasteiger partial charge in [0.25, 0.3) is 5.91 Å². The lowest BCUT2D eigenvalue weighted by molar-refractivity contribution is 0.0767. The highest BCUT2D eigenvalue weighted by Crippen LogP contribution is 2.24. The molecule has 4 rings (SSSR count). The van der Waals surface area contributed by atoms with Crippen molar-refractivity contribution in [1.82, 2.24) is 14.3 Å². The summed E-state index contributed by atoms with van der Waals surface area (Å²) in [6.45, 7) is 0.856. The normalized spacial score (nSPS) is 10.9. The van der Waals surface area contributed by atoms with Crippen LogP contribution in [0, 0.1) is 5.82 Å². The van der Waals surface area contributed by atoms with Crippen molar-refractivity contribution in [1.29, 1.82) is 0 Å². The van der Waals surface area contributed by atoms with Crippen molar-refractivity contribution in [3.63, 3.8) is 0 Å². The van der Waals surface area contributed by atoms with E-state index in [1.54, 1.807) is 40.1 Å². The van der Waals surface area contributed by atoms with Gasteiger partial charge in [-0.2, -0.15) is 0 Å². The molecular weight excluding hydrogens is 377 g/mol. The Morgan fingerprint density at radius 1 is 1.21 bits per heavy atom. The van der Waals surface area contributed by atoms with E-state index in [1.807, 2.05) is 30.3 Å². The lowest BCUT2D eigenvalue weighted by atomic mass is 10.2. The predicted octanol–water partition coefficient (Wildman–Crippen LogP) is 4.35. The number of benzene rings is 2. The highest BCUT2D eigenvalue weighted by molar-refractivity contribution is 7.15. The fourth-order valence-corrected chi connectivity index (χ4v) is 3.69. The second-order valence-corrected chi connectivity index (χ2v) is 7.13. The predicted molar refractivity (Wildman–Crippen MR) is 107 cm³/mol.